The Morgan fingerprint density at radius 3 is 2.66 bits per heavy atom. The molecule has 3 aromatic rings. The van der Waals surface area contributed by atoms with Gasteiger partial charge in [-0.1, -0.05) is 0 Å². The molecule has 5 heterocycles. The molecule has 3 aromatic heterocycles. The summed E-state index contributed by atoms with van der Waals surface area (Å²) < 4.78 is 7.94. The molecule has 1 saturated carbocycles. The molecule has 2 aliphatic heterocycles. The fourth-order valence-corrected chi connectivity index (χ4v) is 6.11. The number of nitrogens with zero attached hydrogens (tertiary/aromatic N) is 5. The van der Waals surface area contributed by atoms with Crippen LogP contribution in [0.3, 0.4) is 0 Å². The molecule has 0 bridgehead atoms. The average molecular weight is 433 g/mol. The standard InChI is InChI=1S/C25H32N6O/c1-25(2)13-21(7-10-32-25)31-15-18-11-20(12-19(18)16-31)27-23-5-4-22(28-29-23)17-3-6-24-26-8-9-30(24)14-17/h3-6,8-9,14,18-21H,7,10-13,15-16H2,1-2H3,(H,27,29)/t18-,19+,20-,21?. The maximum absolute atomic E-state index is 5.93. The highest BCUT2D eigenvalue weighted by Crippen LogP contribution is 2.41. The highest BCUT2D eigenvalue weighted by atomic mass is 16.5. The van der Waals surface area contributed by atoms with Crippen molar-refractivity contribution in [3.8, 4) is 11.3 Å². The molecule has 0 spiro atoms. The zero-order chi connectivity index (χ0) is 21.7. The average Bonchev–Trinajstić information content (AvgIpc) is 3.48. The first-order valence-electron chi connectivity index (χ1n) is 11.9. The van der Waals surface area contributed by atoms with Crippen molar-refractivity contribution >= 4 is 11.5 Å². The molecule has 32 heavy (non-hydrogen) atoms. The van der Waals surface area contributed by atoms with Gasteiger partial charge in [0.25, 0.3) is 0 Å². The van der Waals surface area contributed by atoms with Gasteiger partial charge in [-0.05, 0) is 75.6 Å². The number of nitrogens with one attached hydrogen (secondary N) is 1. The summed E-state index contributed by atoms with van der Waals surface area (Å²) in [5.41, 5.74) is 2.89. The van der Waals surface area contributed by atoms with E-state index in [1.165, 1.54) is 32.4 Å². The maximum atomic E-state index is 5.93. The monoisotopic (exact) mass is 432 g/mol. The van der Waals surface area contributed by atoms with Crippen LogP contribution in [0, 0.1) is 11.8 Å². The number of fused-ring (bicyclic) bond motifs is 2. The van der Waals surface area contributed by atoms with Crippen molar-refractivity contribution in [3.63, 3.8) is 0 Å². The Hall–Kier alpha value is -2.51. The fraction of sp³-hybridized carbons (Fsp3) is 0.560. The zero-order valence-corrected chi connectivity index (χ0v) is 18.9. The van der Waals surface area contributed by atoms with Gasteiger partial charge in [-0.15, -0.1) is 10.2 Å². The minimum absolute atomic E-state index is 0.0278. The predicted octanol–water partition coefficient (Wildman–Crippen LogP) is 3.87. The minimum Gasteiger partial charge on any atom is -0.375 e. The van der Waals surface area contributed by atoms with E-state index in [9.17, 15) is 0 Å². The van der Waals surface area contributed by atoms with Gasteiger partial charge in [-0.2, -0.15) is 0 Å². The molecule has 3 aliphatic rings. The molecule has 0 aromatic carbocycles. The van der Waals surface area contributed by atoms with Crippen LogP contribution in [0.1, 0.15) is 39.5 Å². The van der Waals surface area contributed by atoms with Crippen molar-refractivity contribution in [1.29, 1.82) is 0 Å². The smallest absolute Gasteiger partial charge is 0.148 e. The summed E-state index contributed by atoms with van der Waals surface area (Å²) in [6, 6.07) is 9.35. The van der Waals surface area contributed by atoms with Crippen LogP contribution in [0.5, 0.6) is 0 Å². The van der Waals surface area contributed by atoms with Crippen LogP contribution in [0.25, 0.3) is 16.9 Å². The van der Waals surface area contributed by atoms with Crippen molar-refractivity contribution in [3.05, 3.63) is 42.9 Å². The molecule has 3 fully saturated rings. The first-order chi connectivity index (χ1) is 15.5. The number of imidazole rings is 1. The van der Waals surface area contributed by atoms with E-state index in [0.717, 1.165) is 47.6 Å². The van der Waals surface area contributed by atoms with Crippen molar-refractivity contribution in [2.75, 3.05) is 25.0 Å². The van der Waals surface area contributed by atoms with Gasteiger partial charge in [0.05, 0.1) is 11.3 Å². The Labute approximate surface area is 189 Å². The van der Waals surface area contributed by atoms with Crippen LogP contribution in [0.4, 0.5) is 5.82 Å². The lowest BCUT2D eigenvalue weighted by Gasteiger charge is -2.40. The Bertz CT molecular complexity index is 1080. The Kier molecular flexibility index (Phi) is 4.91. The molecule has 0 amide bonds. The molecule has 168 valence electrons. The Morgan fingerprint density at radius 1 is 1.06 bits per heavy atom. The second-order valence-corrected chi connectivity index (χ2v) is 10.5. The third kappa shape index (κ3) is 3.88. The van der Waals surface area contributed by atoms with E-state index in [1.807, 2.05) is 28.9 Å². The van der Waals surface area contributed by atoms with Crippen LogP contribution in [-0.2, 0) is 4.74 Å². The van der Waals surface area contributed by atoms with E-state index in [1.54, 1.807) is 6.20 Å². The maximum Gasteiger partial charge on any atom is 0.148 e. The highest BCUT2D eigenvalue weighted by Gasteiger charge is 2.44. The number of rotatable bonds is 4. The van der Waals surface area contributed by atoms with Gasteiger partial charge >= 0.3 is 0 Å². The molecule has 7 nitrogen and oxygen atoms in total. The summed E-state index contributed by atoms with van der Waals surface area (Å²) in [6.45, 7) is 7.85. The summed E-state index contributed by atoms with van der Waals surface area (Å²) in [6.07, 6.45) is 10.6. The first kappa shape index (κ1) is 20.1. The summed E-state index contributed by atoms with van der Waals surface area (Å²) in [4.78, 5) is 7.05. The van der Waals surface area contributed by atoms with E-state index in [4.69, 9.17) is 4.74 Å². The van der Waals surface area contributed by atoms with E-state index < -0.39 is 0 Å². The number of pyridine rings is 1. The largest absolute Gasteiger partial charge is 0.375 e. The molecular weight excluding hydrogens is 400 g/mol. The molecule has 7 heteroatoms. The second kappa shape index (κ2) is 7.81. The molecule has 6 rings (SSSR count). The molecule has 1 N–H and O–H groups in total. The van der Waals surface area contributed by atoms with Gasteiger partial charge in [0.2, 0.25) is 0 Å². The first-order valence-corrected chi connectivity index (χ1v) is 11.9. The summed E-state index contributed by atoms with van der Waals surface area (Å²) in [5.74, 6) is 2.48. The van der Waals surface area contributed by atoms with Gasteiger partial charge in [0.1, 0.15) is 11.5 Å². The molecule has 0 radical (unpaired) electrons. The predicted molar refractivity (Wildman–Crippen MR) is 124 cm³/mol. The van der Waals surface area contributed by atoms with Crippen LogP contribution in [-0.4, -0.2) is 61.9 Å². The minimum atomic E-state index is 0.0278. The number of hydrogen-bond donors (Lipinski definition) is 1. The number of hydrogen-bond acceptors (Lipinski definition) is 6. The van der Waals surface area contributed by atoms with Gasteiger partial charge in [0, 0.05) is 55.9 Å². The topological polar surface area (TPSA) is 67.6 Å². The van der Waals surface area contributed by atoms with E-state index in [2.05, 4.69) is 51.4 Å². The molecule has 1 aliphatic carbocycles. The molecular formula is C25H32N6O. The van der Waals surface area contributed by atoms with Crippen LogP contribution in [0.15, 0.2) is 42.9 Å². The summed E-state index contributed by atoms with van der Waals surface area (Å²) in [5, 5.41) is 12.6. The van der Waals surface area contributed by atoms with Crippen LogP contribution in [0.2, 0.25) is 0 Å². The third-order valence-electron chi connectivity index (χ3n) is 7.67. The van der Waals surface area contributed by atoms with Crippen molar-refractivity contribution in [1.82, 2.24) is 24.5 Å². The lowest BCUT2D eigenvalue weighted by molar-refractivity contribution is -0.0811. The molecule has 2 saturated heterocycles. The van der Waals surface area contributed by atoms with Crippen molar-refractivity contribution in [2.45, 2.75) is 57.2 Å². The second-order valence-electron chi connectivity index (χ2n) is 10.5. The van der Waals surface area contributed by atoms with E-state index in [-0.39, 0.29) is 5.60 Å². The number of ether oxygens (including phenoxy) is 1. The van der Waals surface area contributed by atoms with Gasteiger partial charge in [0.15, 0.2) is 0 Å². The van der Waals surface area contributed by atoms with E-state index in [0.29, 0.717) is 12.1 Å². The lowest BCUT2D eigenvalue weighted by atomic mass is 9.93. The van der Waals surface area contributed by atoms with Crippen LogP contribution >= 0.6 is 0 Å². The van der Waals surface area contributed by atoms with E-state index >= 15 is 0 Å². The third-order valence-corrected chi connectivity index (χ3v) is 7.67. The van der Waals surface area contributed by atoms with Gasteiger partial charge in [-0.25, -0.2) is 4.98 Å². The lowest BCUT2D eigenvalue weighted by Crippen LogP contribution is -2.45. The van der Waals surface area contributed by atoms with Crippen molar-refractivity contribution in [2.24, 2.45) is 11.8 Å². The zero-order valence-electron chi connectivity index (χ0n) is 18.9. The Balaban J connectivity index is 1.05. The number of anilines is 1. The number of aromatic nitrogens is 4. The summed E-state index contributed by atoms with van der Waals surface area (Å²) >= 11 is 0. The quantitative estimate of drug-likeness (QED) is 0.675. The fourth-order valence-electron chi connectivity index (χ4n) is 6.11. The normalized spacial score (nSPS) is 29.9. The van der Waals surface area contributed by atoms with Crippen molar-refractivity contribution < 1.29 is 4.74 Å². The number of likely N-dealkylation sites (tertiary alicyclic amines) is 1. The highest BCUT2D eigenvalue weighted by molar-refractivity contribution is 5.61. The Morgan fingerprint density at radius 2 is 1.91 bits per heavy atom. The molecule has 4 atom stereocenters. The molecule has 1 unspecified atom stereocenters. The van der Waals surface area contributed by atoms with Gasteiger partial charge in [-0.3, -0.25) is 4.90 Å². The summed E-state index contributed by atoms with van der Waals surface area (Å²) in [7, 11) is 0. The SMILES string of the molecule is CC1(C)CC(N2C[C@H]3C[C@@H](Nc4ccc(-c5ccc6nccn6c5)nn4)C[C@H]3C2)CCO1. The van der Waals surface area contributed by atoms with Crippen LogP contribution < -0.4 is 5.32 Å². The van der Waals surface area contributed by atoms with Gasteiger partial charge < -0.3 is 14.5 Å².